The van der Waals surface area contributed by atoms with E-state index in [1.54, 1.807) is 25.4 Å². The number of carbonyl (C=O) groups excluding carboxylic acids is 1. The van der Waals surface area contributed by atoms with Crippen molar-refractivity contribution in [2.75, 3.05) is 20.8 Å². The molecule has 0 aliphatic heterocycles. The van der Waals surface area contributed by atoms with Crippen molar-refractivity contribution in [3.05, 3.63) is 53.7 Å². The summed E-state index contributed by atoms with van der Waals surface area (Å²) in [6, 6.07) is 11.7. The van der Waals surface area contributed by atoms with Gasteiger partial charge in [0.2, 0.25) is 5.88 Å². The molecule has 1 heterocycles. The molecule has 138 valence electrons. The van der Waals surface area contributed by atoms with Crippen molar-refractivity contribution >= 4 is 5.91 Å². The zero-order chi connectivity index (χ0) is 18.4. The van der Waals surface area contributed by atoms with Gasteiger partial charge in [-0.25, -0.2) is 4.98 Å². The highest BCUT2D eigenvalue weighted by atomic mass is 16.5. The minimum Gasteiger partial charge on any atom is -0.497 e. The molecule has 0 spiro atoms. The molecule has 2 aromatic rings. The number of methoxy groups -OCH3 is 2. The summed E-state index contributed by atoms with van der Waals surface area (Å²) >= 11 is 0. The maximum atomic E-state index is 12.7. The average molecular weight is 354 g/mol. The predicted octanol–water partition coefficient (Wildman–Crippen LogP) is 3.73. The maximum absolute atomic E-state index is 12.7. The highest BCUT2D eigenvalue weighted by Crippen LogP contribution is 2.39. The topological polar surface area (TPSA) is 60.5 Å². The highest BCUT2D eigenvalue weighted by molar-refractivity contribution is 5.96. The zero-order valence-electron chi connectivity index (χ0n) is 15.5. The third-order valence-corrected chi connectivity index (χ3v) is 5.31. The van der Waals surface area contributed by atoms with Gasteiger partial charge in [-0.2, -0.15) is 0 Å². The molecule has 1 saturated carbocycles. The van der Waals surface area contributed by atoms with E-state index in [2.05, 4.69) is 22.4 Å². The van der Waals surface area contributed by atoms with E-state index < -0.39 is 0 Å². The third-order valence-electron chi connectivity index (χ3n) is 5.31. The van der Waals surface area contributed by atoms with Gasteiger partial charge in [0, 0.05) is 18.2 Å². The lowest BCUT2D eigenvalue weighted by Crippen LogP contribution is -2.42. The van der Waals surface area contributed by atoms with Gasteiger partial charge in [0.1, 0.15) is 11.3 Å². The summed E-state index contributed by atoms with van der Waals surface area (Å²) in [5.41, 5.74) is 1.70. The van der Waals surface area contributed by atoms with Gasteiger partial charge in [0.15, 0.2) is 0 Å². The van der Waals surface area contributed by atoms with Crippen molar-refractivity contribution in [1.29, 1.82) is 0 Å². The SMILES string of the molecule is COc1ccc(C2(CNC(=O)c3cccnc3OC)CCCCC2)cc1. The zero-order valence-corrected chi connectivity index (χ0v) is 15.5. The molecular weight excluding hydrogens is 328 g/mol. The van der Waals surface area contributed by atoms with Gasteiger partial charge in [-0.05, 0) is 42.7 Å². The Morgan fingerprint density at radius 2 is 1.81 bits per heavy atom. The standard InChI is InChI=1S/C21H26N2O3/c1-25-17-10-8-16(9-11-17)21(12-4-3-5-13-21)15-23-19(24)18-7-6-14-22-20(18)26-2/h6-11,14H,3-5,12-13,15H2,1-2H3,(H,23,24). The quantitative estimate of drug-likeness (QED) is 0.859. The first-order valence-corrected chi connectivity index (χ1v) is 9.10. The Bertz CT molecular complexity index is 737. The van der Waals surface area contributed by atoms with Crippen LogP contribution in [0.3, 0.4) is 0 Å². The van der Waals surface area contributed by atoms with Gasteiger partial charge in [-0.3, -0.25) is 4.79 Å². The van der Waals surface area contributed by atoms with Crippen molar-refractivity contribution in [3.63, 3.8) is 0 Å². The molecule has 5 heteroatoms. The lowest BCUT2D eigenvalue weighted by Gasteiger charge is -2.38. The van der Waals surface area contributed by atoms with Crippen LogP contribution in [0, 0.1) is 0 Å². The summed E-state index contributed by atoms with van der Waals surface area (Å²) < 4.78 is 10.5. The molecule has 0 unspecified atom stereocenters. The number of ether oxygens (including phenoxy) is 2. The molecule has 5 nitrogen and oxygen atoms in total. The van der Waals surface area contributed by atoms with Gasteiger partial charge in [0.25, 0.3) is 5.91 Å². The molecule has 0 radical (unpaired) electrons. The van der Waals surface area contributed by atoms with E-state index in [9.17, 15) is 4.79 Å². The predicted molar refractivity (Wildman–Crippen MR) is 101 cm³/mol. The number of rotatable bonds is 6. The van der Waals surface area contributed by atoms with Crippen LogP contribution in [0.1, 0.15) is 48.0 Å². The first kappa shape index (κ1) is 18.2. The Morgan fingerprint density at radius 1 is 1.08 bits per heavy atom. The smallest absolute Gasteiger partial charge is 0.256 e. The number of benzene rings is 1. The summed E-state index contributed by atoms with van der Waals surface area (Å²) in [6.45, 7) is 0.607. The number of pyridine rings is 1. The summed E-state index contributed by atoms with van der Waals surface area (Å²) in [4.78, 5) is 16.8. The van der Waals surface area contributed by atoms with E-state index in [0.29, 0.717) is 18.0 Å². The summed E-state index contributed by atoms with van der Waals surface area (Å²) in [6.07, 6.45) is 7.38. The van der Waals surface area contributed by atoms with E-state index in [-0.39, 0.29) is 11.3 Å². The van der Waals surface area contributed by atoms with Crippen molar-refractivity contribution in [2.24, 2.45) is 0 Å². The van der Waals surface area contributed by atoms with Crippen LogP contribution in [0.25, 0.3) is 0 Å². The molecule has 1 N–H and O–H groups in total. The van der Waals surface area contributed by atoms with Gasteiger partial charge in [-0.15, -0.1) is 0 Å². The van der Waals surface area contributed by atoms with E-state index in [0.717, 1.165) is 18.6 Å². The van der Waals surface area contributed by atoms with Crippen molar-refractivity contribution in [3.8, 4) is 11.6 Å². The Balaban J connectivity index is 1.79. The van der Waals surface area contributed by atoms with Crippen LogP contribution in [0.4, 0.5) is 0 Å². The van der Waals surface area contributed by atoms with Crippen molar-refractivity contribution < 1.29 is 14.3 Å². The molecule has 1 aliphatic carbocycles. The fourth-order valence-electron chi connectivity index (χ4n) is 3.81. The van der Waals surface area contributed by atoms with Gasteiger partial charge in [-0.1, -0.05) is 31.4 Å². The molecule has 1 aliphatic rings. The van der Waals surface area contributed by atoms with E-state index in [1.165, 1.54) is 31.9 Å². The molecule has 0 bridgehead atoms. The van der Waals surface area contributed by atoms with Crippen LogP contribution >= 0.6 is 0 Å². The average Bonchev–Trinajstić information content (AvgIpc) is 2.72. The first-order chi connectivity index (χ1) is 12.7. The number of hydrogen-bond acceptors (Lipinski definition) is 4. The molecule has 0 atom stereocenters. The van der Waals surface area contributed by atoms with Crippen LogP contribution in [0.2, 0.25) is 0 Å². The number of aromatic nitrogens is 1. The Kier molecular flexibility index (Phi) is 5.76. The summed E-state index contributed by atoms with van der Waals surface area (Å²) in [5, 5.41) is 3.12. The van der Waals surface area contributed by atoms with Crippen LogP contribution in [-0.2, 0) is 5.41 Å². The number of nitrogens with one attached hydrogen (secondary N) is 1. The van der Waals surface area contributed by atoms with Crippen molar-refractivity contribution in [2.45, 2.75) is 37.5 Å². The number of nitrogens with zero attached hydrogens (tertiary/aromatic N) is 1. The third kappa shape index (κ3) is 3.82. The normalized spacial score (nSPS) is 15.9. The Hall–Kier alpha value is -2.56. The Morgan fingerprint density at radius 3 is 2.46 bits per heavy atom. The van der Waals surface area contributed by atoms with E-state index in [4.69, 9.17) is 9.47 Å². The second-order valence-corrected chi connectivity index (χ2v) is 6.81. The molecule has 1 aromatic carbocycles. The number of hydrogen-bond donors (Lipinski definition) is 1. The van der Waals surface area contributed by atoms with E-state index >= 15 is 0 Å². The molecule has 1 aromatic heterocycles. The van der Waals surface area contributed by atoms with Gasteiger partial charge >= 0.3 is 0 Å². The monoisotopic (exact) mass is 354 g/mol. The van der Waals surface area contributed by atoms with Gasteiger partial charge in [0.05, 0.1) is 14.2 Å². The fraction of sp³-hybridized carbons (Fsp3) is 0.429. The fourth-order valence-corrected chi connectivity index (χ4v) is 3.81. The molecule has 3 rings (SSSR count). The van der Waals surface area contributed by atoms with Crippen molar-refractivity contribution in [1.82, 2.24) is 10.3 Å². The lowest BCUT2D eigenvalue weighted by atomic mass is 9.69. The minimum atomic E-state index is -0.145. The van der Waals surface area contributed by atoms with Gasteiger partial charge < -0.3 is 14.8 Å². The molecule has 1 fully saturated rings. The maximum Gasteiger partial charge on any atom is 0.256 e. The highest BCUT2D eigenvalue weighted by Gasteiger charge is 2.34. The second kappa shape index (κ2) is 8.21. The number of carbonyl (C=O) groups is 1. The lowest BCUT2D eigenvalue weighted by molar-refractivity contribution is 0.0933. The van der Waals surface area contributed by atoms with Crippen LogP contribution in [0.5, 0.6) is 11.6 Å². The summed E-state index contributed by atoms with van der Waals surface area (Å²) in [5.74, 6) is 1.06. The molecule has 1 amide bonds. The van der Waals surface area contributed by atoms with Crippen LogP contribution in [0.15, 0.2) is 42.6 Å². The first-order valence-electron chi connectivity index (χ1n) is 9.10. The Labute approximate surface area is 154 Å². The molecule has 0 saturated heterocycles. The van der Waals surface area contributed by atoms with Crippen LogP contribution < -0.4 is 14.8 Å². The van der Waals surface area contributed by atoms with Crippen LogP contribution in [-0.4, -0.2) is 31.7 Å². The van der Waals surface area contributed by atoms with E-state index in [1.807, 2.05) is 12.1 Å². The second-order valence-electron chi connectivity index (χ2n) is 6.81. The molecular formula is C21H26N2O3. The summed E-state index contributed by atoms with van der Waals surface area (Å²) in [7, 11) is 3.20. The number of amides is 1. The molecule has 26 heavy (non-hydrogen) atoms. The minimum absolute atomic E-state index is 0.0321. The largest absolute Gasteiger partial charge is 0.497 e.